The Morgan fingerprint density at radius 2 is 1.58 bits per heavy atom. The first-order chi connectivity index (χ1) is 11.1. The van der Waals surface area contributed by atoms with Gasteiger partial charge in [0.05, 0.1) is 16.9 Å². The second-order valence-corrected chi connectivity index (χ2v) is 6.65. The third kappa shape index (κ3) is 3.73. The van der Waals surface area contributed by atoms with Crippen molar-refractivity contribution in [2.24, 2.45) is 0 Å². The first-order valence-corrected chi connectivity index (χ1v) is 8.11. The number of hydrogen-bond acceptors (Lipinski definition) is 5. The van der Waals surface area contributed by atoms with Crippen molar-refractivity contribution in [3.8, 4) is 0 Å². The first-order valence-electron chi connectivity index (χ1n) is 6.53. The highest BCUT2D eigenvalue weighted by atomic mass is 32.2. The fraction of sp³-hybridized carbons (Fsp3) is 0.385. The molecule has 0 unspecified atom stereocenters. The number of amides is 2. The predicted octanol–water partition coefficient (Wildman–Crippen LogP) is 1.53. The molecule has 6 nitrogen and oxygen atoms in total. The molecule has 24 heavy (non-hydrogen) atoms. The largest absolute Gasteiger partial charge is 0.331 e. The molecule has 0 bridgehead atoms. The van der Waals surface area contributed by atoms with E-state index in [2.05, 4.69) is 4.18 Å². The lowest BCUT2D eigenvalue weighted by Crippen LogP contribution is -2.37. The van der Waals surface area contributed by atoms with Gasteiger partial charge in [-0.25, -0.2) is 8.78 Å². The van der Waals surface area contributed by atoms with Crippen molar-refractivity contribution in [3.05, 3.63) is 35.4 Å². The van der Waals surface area contributed by atoms with Crippen molar-refractivity contribution in [1.82, 2.24) is 4.90 Å². The molecule has 0 aromatic heterocycles. The summed E-state index contributed by atoms with van der Waals surface area (Å²) in [6.45, 7) is -2.66. The quantitative estimate of drug-likeness (QED) is 0.414. The van der Waals surface area contributed by atoms with Gasteiger partial charge < -0.3 is 0 Å². The van der Waals surface area contributed by atoms with Crippen molar-refractivity contribution >= 4 is 21.9 Å². The van der Waals surface area contributed by atoms with Crippen molar-refractivity contribution in [1.29, 1.82) is 0 Å². The molecule has 1 aromatic carbocycles. The van der Waals surface area contributed by atoms with Gasteiger partial charge in [-0.15, -0.1) is 0 Å². The topological polar surface area (TPSA) is 80.8 Å². The smallest absolute Gasteiger partial charge is 0.273 e. The van der Waals surface area contributed by atoms with E-state index in [1.807, 2.05) is 0 Å². The first kappa shape index (κ1) is 18.3. The maximum atomic E-state index is 12.7. The highest BCUT2D eigenvalue weighted by molar-refractivity contribution is 7.86. The lowest BCUT2D eigenvalue weighted by atomic mass is 10.1. The molecule has 0 saturated heterocycles. The van der Waals surface area contributed by atoms with Crippen LogP contribution in [0.1, 0.15) is 20.7 Å². The number of fused-ring (bicyclic) bond motifs is 1. The van der Waals surface area contributed by atoms with Gasteiger partial charge in [-0.3, -0.25) is 18.7 Å². The predicted molar refractivity (Wildman–Crippen MR) is 72.5 cm³/mol. The van der Waals surface area contributed by atoms with E-state index in [9.17, 15) is 35.6 Å². The number of alkyl halides is 4. The number of carbonyl (C=O) groups is 2. The van der Waals surface area contributed by atoms with E-state index in [4.69, 9.17) is 0 Å². The molecule has 2 amide bonds. The van der Waals surface area contributed by atoms with Gasteiger partial charge in [0, 0.05) is 6.54 Å². The van der Waals surface area contributed by atoms with Crippen LogP contribution in [-0.4, -0.2) is 56.4 Å². The molecule has 1 heterocycles. The highest BCUT2D eigenvalue weighted by Crippen LogP contribution is 2.24. The normalized spacial score (nSPS) is 15.3. The summed E-state index contributed by atoms with van der Waals surface area (Å²) in [6, 6.07) is 5.78. The summed E-state index contributed by atoms with van der Waals surface area (Å²) in [5.74, 6) is -7.08. The van der Waals surface area contributed by atoms with Gasteiger partial charge >= 0.3 is 12.3 Å². The SMILES string of the molecule is O=C1c2ccccc2C(=O)N1CCS(=O)(=O)OCC(F)(F)C(F)F. The second-order valence-electron chi connectivity index (χ2n) is 4.89. The van der Waals surface area contributed by atoms with Crippen LogP contribution in [-0.2, 0) is 14.3 Å². The van der Waals surface area contributed by atoms with Crippen LogP contribution in [0.2, 0.25) is 0 Å². The molecule has 0 fully saturated rings. The lowest BCUT2D eigenvalue weighted by Gasteiger charge is -2.16. The monoisotopic (exact) mass is 369 g/mol. The van der Waals surface area contributed by atoms with E-state index in [0.29, 0.717) is 4.90 Å². The van der Waals surface area contributed by atoms with Crippen molar-refractivity contribution in [3.63, 3.8) is 0 Å². The van der Waals surface area contributed by atoms with E-state index in [1.165, 1.54) is 24.3 Å². The van der Waals surface area contributed by atoms with Gasteiger partial charge in [-0.05, 0) is 12.1 Å². The van der Waals surface area contributed by atoms with Gasteiger partial charge in [-0.1, -0.05) is 12.1 Å². The second kappa shape index (κ2) is 6.48. The Hall–Kier alpha value is -2.01. The maximum absolute atomic E-state index is 12.7. The number of benzene rings is 1. The van der Waals surface area contributed by atoms with Crippen LogP contribution in [0.25, 0.3) is 0 Å². The van der Waals surface area contributed by atoms with Crippen LogP contribution in [0.5, 0.6) is 0 Å². The number of nitrogens with zero attached hydrogens (tertiary/aromatic N) is 1. The third-order valence-electron chi connectivity index (χ3n) is 3.19. The van der Waals surface area contributed by atoms with E-state index in [-0.39, 0.29) is 11.1 Å². The molecule has 0 saturated carbocycles. The zero-order valence-corrected chi connectivity index (χ0v) is 12.7. The van der Waals surface area contributed by atoms with E-state index in [0.717, 1.165) is 0 Å². The molecule has 2 rings (SSSR count). The van der Waals surface area contributed by atoms with Crippen molar-refractivity contribution < 1.29 is 39.8 Å². The Bertz CT molecular complexity index is 730. The third-order valence-corrected chi connectivity index (χ3v) is 4.35. The zero-order valence-electron chi connectivity index (χ0n) is 11.9. The highest BCUT2D eigenvalue weighted by Gasteiger charge is 2.43. The molecular weight excluding hydrogens is 358 g/mol. The van der Waals surface area contributed by atoms with Gasteiger partial charge in [0.2, 0.25) is 0 Å². The Morgan fingerprint density at radius 1 is 1.08 bits per heavy atom. The standard InChI is InChI=1S/C13H11F4NO5S/c14-12(15)13(16,17)7-23-24(21,22)6-5-18-10(19)8-3-1-2-4-9(8)11(18)20/h1-4,12H,5-7H2. The minimum absolute atomic E-state index is 0.0880. The Kier molecular flexibility index (Phi) is 4.95. The van der Waals surface area contributed by atoms with Crippen LogP contribution in [0.4, 0.5) is 17.6 Å². The number of carbonyl (C=O) groups excluding carboxylic acids is 2. The minimum Gasteiger partial charge on any atom is -0.273 e. The van der Waals surface area contributed by atoms with Crippen LogP contribution in [0.15, 0.2) is 24.3 Å². The summed E-state index contributed by atoms with van der Waals surface area (Å²) in [5, 5.41) is 0. The number of imide groups is 1. The zero-order chi connectivity index (χ0) is 18.1. The molecule has 11 heteroatoms. The molecule has 0 radical (unpaired) electrons. The molecule has 1 aromatic rings. The molecule has 132 valence electrons. The summed E-state index contributed by atoms with van der Waals surface area (Å²) in [4.78, 5) is 24.6. The van der Waals surface area contributed by atoms with Gasteiger partial charge in [0.15, 0.2) is 0 Å². The fourth-order valence-corrected chi connectivity index (χ4v) is 2.80. The summed E-state index contributed by atoms with van der Waals surface area (Å²) in [6.07, 6.45) is -4.08. The molecule has 0 N–H and O–H groups in total. The number of hydrogen-bond donors (Lipinski definition) is 0. The summed E-state index contributed by atoms with van der Waals surface area (Å²) in [5.41, 5.74) is 0.176. The van der Waals surface area contributed by atoms with Gasteiger partial charge in [0.1, 0.15) is 6.61 Å². The van der Waals surface area contributed by atoms with E-state index >= 15 is 0 Å². The minimum atomic E-state index is -4.63. The molecule has 0 spiro atoms. The molecular formula is C13H11F4NO5S. The maximum Gasteiger partial charge on any atom is 0.331 e. The Balaban J connectivity index is 1.99. The summed E-state index contributed by atoms with van der Waals surface area (Å²) in [7, 11) is -4.63. The van der Waals surface area contributed by atoms with Crippen LogP contribution in [0.3, 0.4) is 0 Å². The molecule has 1 aliphatic rings. The van der Waals surface area contributed by atoms with Crippen molar-refractivity contribution in [2.75, 3.05) is 18.9 Å². The van der Waals surface area contributed by atoms with E-state index < -0.39 is 53.2 Å². The summed E-state index contributed by atoms with van der Waals surface area (Å²) < 4.78 is 76.1. The van der Waals surface area contributed by atoms with Crippen LogP contribution < -0.4 is 0 Å². The Morgan fingerprint density at radius 3 is 2.04 bits per heavy atom. The summed E-state index contributed by atoms with van der Waals surface area (Å²) >= 11 is 0. The van der Waals surface area contributed by atoms with E-state index in [1.54, 1.807) is 0 Å². The van der Waals surface area contributed by atoms with Crippen molar-refractivity contribution in [2.45, 2.75) is 12.3 Å². The average Bonchev–Trinajstić information content (AvgIpc) is 2.76. The number of halogens is 4. The van der Waals surface area contributed by atoms with Crippen LogP contribution >= 0.6 is 0 Å². The van der Waals surface area contributed by atoms with Crippen LogP contribution in [0, 0.1) is 0 Å². The molecule has 0 aliphatic carbocycles. The van der Waals surface area contributed by atoms with Gasteiger partial charge in [-0.2, -0.15) is 17.2 Å². The van der Waals surface area contributed by atoms with Gasteiger partial charge in [0.25, 0.3) is 21.9 Å². The average molecular weight is 369 g/mol. The number of rotatable bonds is 7. The molecule has 1 aliphatic heterocycles. The Labute approximate surface area is 134 Å². The molecule has 0 atom stereocenters. The fourth-order valence-electron chi connectivity index (χ4n) is 1.94. The lowest BCUT2D eigenvalue weighted by molar-refractivity contribution is -0.147.